The van der Waals surface area contributed by atoms with Crippen LogP contribution in [0.25, 0.3) is 0 Å². The van der Waals surface area contributed by atoms with E-state index in [9.17, 15) is 9.59 Å². The van der Waals surface area contributed by atoms with E-state index in [1.165, 1.54) is 0 Å². The Balaban J connectivity index is 1.77. The molecule has 0 heterocycles. The Hall–Kier alpha value is -3.12. The minimum atomic E-state index is -0.341. The molecule has 5 nitrogen and oxygen atoms in total. The van der Waals surface area contributed by atoms with Gasteiger partial charge in [0.15, 0.2) is 0 Å². The van der Waals surface area contributed by atoms with Crippen molar-refractivity contribution in [3.8, 4) is 5.75 Å². The van der Waals surface area contributed by atoms with Gasteiger partial charge in [0, 0.05) is 4.47 Å². The van der Waals surface area contributed by atoms with Gasteiger partial charge in [-0.25, -0.2) is 0 Å². The average Bonchev–Trinajstić information content (AvgIpc) is 2.80. The van der Waals surface area contributed by atoms with Crippen LogP contribution in [0, 0.1) is 5.92 Å². The van der Waals surface area contributed by atoms with Crippen molar-refractivity contribution in [3.63, 3.8) is 0 Å². The molecule has 172 valence electrons. The number of hydrogen-bond donors (Lipinski definition) is 2. The number of benzene rings is 3. The first-order valence-corrected chi connectivity index (χ1v) is 11.8. The van der Waals surface area contributed by atoms with Gasteiger partial charge >= 0.3 is 0 Å². The zero-order chi connectivity index (χ0) is 23.8. The summed E-state index contributed by atoms with van der Waals surface area (Å²) in [5, 5.41) is 5.89. The number of nitrogens with one attached hydrogen (secondary N) is 2. The van der Waals surface area contributed by atoms with Crippen molar-refractivity contribution in [3.05, 3.63) is 94.0 Å². The highest BCUT2D eigenvalue weighted by Gasteiger charge is 2.19. The van der Waals surface area contributed by atoms with E-state index in [0.717, 1.165) is 16.5 Å². The number of rotatable bonds is 9. The fourth-order valence-electron chi connectivity index (χ4n) is 3.29. The summed E-state index contributed by atoms with van der Waals surface area (Å²) in [6.07, 6.45) is 0.889. The fourth-order valence-corrected chi connectivity index (χ4v) is 3.65. The van der Waals surface area contributed by atoms with Crippen LogP contribution >= 0.6 is 15.9 Å². The molecule has 0 radical (unpaired) electrons. The van der Waals surface area contributed by atoms with Gasteiger partial charge in [-0.1, -0.05) is 72.2 Å². The molecule has 0 spiro atoms. The second kappa shape index (κ2) is 11.7. The van der Waals surface area contributed by atoms with Gasteiger partial charge in [-0.05, 0) is 55.2 Å². The summed E-state index contributed by atoms with van der Waals surface area (Å²) in [4.78, 5) is 26.2. The largest absolute Gasteiger partial charge is 0.493 e. The van der Waals surface area contributed by atoms with Crippen LogP contribution in [0.4, 0.5) is 5.69 Å². The number of amides is 2. The van der Waals surface area contributed by atoms with Gasteiger partial charge in [-0.2, -0.15) is 0 Å². The van der Waals surface area contributed by atoms with Crippen molar-refractivity contribution >= 4 is 33.4 Å². The van der Waals surface area contributed by atoms with Gasteiger partial charge in [0.05, 0.1) is 29.5 Å². The monoisotopic (exact) mass is 508 g/mol. The molecule has 33 heavy (non-hydrogen) atoms. The predicted octanol–water partition coefficient (Wildman–Crippen LogP) is 6.62. The van der Waals surface area contributed by atoms with Crippen LogP contribution < -0.4 is 15.4 Å². The Bertz CT molecular complexity index is 1100. The lowest BCUT2D eigenvalue weighted by Gasteiger charge is -2.17. The summed E-state index contributed by atoms with van der Waals surface area (Å²) >= 11 is 3.43. The van der Waals surface area contributed by atoms with E-state index in [4.69, 9.17) is 4.74 Å². The number of hydrogen-bond acceptors (Lipinski definition) is 3. The van der Waals surface area contributed by atoms with Crippen LogP contribution in [0.2, 0.25) is 0 Å². The van der Waals surface area contributed by atoms with E-state index in [0.29, 0.717) is 35.1 Å². The van der Waals surface area contributed by atoms with Gasteiger partial charge in [-0.15, -0.1) is 0 Å². The molecule has 2 amide bonds. The molecular formula is C27H29BrN2O3. The summed E-state index contributed by atoms with van der Waals surface area (Å²) in [6, 6.07) is 21.9. The molecule has 3 aromatic rings. The quantitative estimate of drug-likeness (QED) is 0.341. The molecule has 1 atom stereocenters. The molecule has 0 fully saturated rings. The van der Waals surface area contributed by atoms with Crippen LogP contribution in [-0.4, -0.2) is 18.4 Å². The maximum Gasteiger partial charge on any atom is 0.259 e. The Morgan fingerprint density at radius 2 is 1.58 bits per heavy atom. The van der Waals surface area contributed by atoms with Crippen molar-refractivity contribution in [2.24, 2.45) is 5.92 Å². The molecule has 6 heteroatoms. The van der Waals surface area contributed by atoms with Crippen LogP contribution in [-0.2, 0) is 0 Å². The molecule has 0 bridgehead atoms. The van der Waals surface area contributed by atoms with E-state index in [1.807, 2.05) is 43.3 Å². The molecule has 0 saturated carbocycles. The molecule has 0 aliphatic rings. The van der Waals surface area contributed by atoms with Crippen molar-refractivity contribution in [1.82, 2.24) is 5.32 Å². The molecule has 3 aromatic carbocycles. The van der Waals surface area contributed by atoms with Gasteiger partial charge in [0.25, 0.3) is 11.8 Å². The van der Waals surface area contributed by atoms with Gasteiger partial charge in [0.1, 0.15) is 5.75 Å². The number of carbonyl (C=O) groups excluding carboxylic acids is 2. The van der Waals surface area contributed by atoms with E-state index < -0.39 is 0 Å². The highest BCUT2D eigenvalue weighted by atomic mass is 79.9. The molecule has 3 rings (SSSR count). The normalized spacial score (nSPS) is 11.7. The second-order valence-electron chi connectivity index (χ2n) is 8.28. The van der Waals surface area contributed by atoms with Crippen molar-refractivity contribution in [2.75, 3.05) is 11.9 Å². The first kappa shape index (κ1) is 24.5. The average molecular weight is 509 g/mol. The van der Waals surface area contributed by atoms with Gasteiger partial charge in [-0.3, -0.25) is 9.59 Å². The minimum Gasteiger partial charge on any atom is -0.493 e. The van der Waals surface area contributed by atoms with Crippen LogP contribution in [0.1, 0.15) is 59.5 Å². The van der Waals surface area contributed by atoms with E-state index in [1.54, 1.807) is 36.4 Å². The predicted molar refractivity (Wildman–Crippen MR) is 136 cm³/mol. The second-order valence-corrected chi connectivity index (χ2v) is 9.19. The highest BCUT2D eigenvalue weighted by Crippen LogP contribution is 2.26. The number of halogens is 1. The molecule has 0 aliphatic heterocycles. The van der Waals surface area contributed by atoms with Crippen molar-refractivity contribution < 1.29 is 14.3 Å². The summed E-state index contributed by atoms with van der Waals surface area (Å²) < 4.78 is 6.65. The first-order valence-electron chi connectivity index (χ1n) is 11.0. The number of para-hydroxylation sites is 1. The number of ether oxygens (including phenoxy) is 1. The third-order valence-corrected chi connectivity index (χ3v) is 5.70. The van der Waals surface area contributed by atoms with Crippen molar-refractivity contribution in [1.29, 1.82) is 0 Å². The standard InChI is InChI=1S/C27H29BrN2O3/c1-18(2)15-16-33-25-14-13-21(28)17-23(25)27(32)30-24-12-8-7-11-22(24)26(31)29-19(3)20-9-5-4-6-10-20/h4-14,17-19H,15-16H2,1-3H3,(H,29,31)(H,30,32). The lowest BCUT2D eigenvalue weighted by molar-refractivity contribution is 0.0940. The SMILES string of the molecule is CC(C)CCOc1ccc(Br)cc1C(=O)Nc1ccccc1C(=O)NC(C)c1ccccc1. The zero-order valence-electron chi connectivity index (χ0n) is 19.1. The number of carbonyl (C=O) groups is 2. The molecule has 0 aromatic heterocycles. The van der Waals surface area contributed by atoms with Gasteiger partial charge in [0.2, 0.25) is 0 Å². The topological polar surface area (TPSA) is 67.4 Å². The fraction of sp³-hybridized carbons (Fsp3) is 0.259. The first-order chi connectivity index (χ1) is 15.8. The molecule has 1 unspecified atom stereocenters. The summed E-state index contributed by atoms with van der Waals surface area (Å²) in [7, 11) is 0. The van der Waals surface area contributed by atoms with E-state index in [2.05, 4.69) is 40.4 Å². The maximum atomic E-state index is 13.2. The van der Waals surface area contributed by atoms with Crippen LogP contribution in [0.15, 0.2) is 77.3 Å². The third kappa shape index (κ3) is 6.93. The molecular weight excluding hydrogens is 480 g/mol. The van der Waals surface area contributed by atoms with Crippen molar-refractivity contribution in [2.45, 2.75) is 33.2 Å². The van der Waals surface area contributed by atoms with Crippen LogP contribution in [0.3, 0.4) is 0 Å². The van der Waals surface area contributed by atoms with E-state index >= 15 is 0 Å². The third-order valence-electron chi connectivity index (χ3n) is 5.21. The zero-order valence-corrected chi connectivity index (χ0v) is 20.7. The van der Waals surface area contributed by atoms with Crippen LogP contribution in [0.5, 0.6) is 5.75 Å². The van der Waals surface area contributed by atoms with Gasteiger partial charge < -0.3 is 15.4 Å². The minimum absolute atomic E-state index is 0.173. The molecule has 0 saturated heterocycles. The Morgan fingerprint density at radius 3 is 2.30 bits per heavy atom. The summed E-state index contributed by atoms with van der Waals surface area (Å²) in [6.45, 7) is 6.70. The van der Waals surface area contributed by atoms with E-state index in [-0.39, 0.29) is 17.9 Å². The Kier molecular flexibility index (Phi) is 8.66. The lowest BCUT2D eigenvalue weighted by Crippen LogP contribution is -2.28. The molecule has 2 N–H and O–H groups in total. The lowest BCUT2D eigenvalue weighted by atomic mass is 10.1. The molecule has 0 aliphatic carbocycles. The number of anilines is 1. The Labute approximate surface area is 203 Å². The highest BCUT2D eigenvalue weighted by molar-refractivity contribution is 9.10. The summed E-state index contributed by atoms with van der Waals surface area (Å²) in [5.74, 6) is 0.412. The Morgan fingerprint density at radius 1 is 0.879 bits per heavy atom. The maximum absolute atomic E-state index is 13.2. The summed E-state index contributed by atoms with van der Waals surface area (Å²) in [5.41, 5.74) is 2.24. The smallest absolute Gasteiger partial charge is 0.259 e.